The van der Waals surface area contributed by atoms with Crippen molar-refractivity contribution in [2.75, 3.05) is 52.9 Å². The first-order valence-electron chi connectivity index (χ1n) is 16.5. The van der Waals surface area contributed by atoms with Crippen LogP contribution in [-0.2, 0) is 14.4 Å². The summed E-state index contributed by atoms with van der Waals surface area (Å²) in [5.41, 5.74) is 1.04. The molecule has 2 aliphatic heterocycles. The molecule has 0 aliphatic carbocycles. The second-order valence-corrected chi connectivity index (χ2v) is 12.2. The summed E-state index contributed by atoms with van der Waals surface area (Å²) in [5, 5.41) is 5.73. The molecule has 9 nitrogen and oxygen atoms in total. The highest BCUT2D eigenvalue weighted by molar-refractivity contribution is 5.91. The largest absolute Gasteiger partial charge is 0.401 e. The number of allylic oxidation sites excluding steroid dienone is 5. The van der Waals surface area contributed by atoms with E-state index in [1.54, 1.807) is 43.1 Å². The van der Waals surface area contributed by atoms with Gasteiger partial charge < -0.3 is 20.4 Å². The van der Waals surface area contributed by atoms with E-state index in [9.17, 15) is 32.3 Å². The summed E-state index contributed by atoms with van der Waals surface area (Å²) in [5.74, 6) is -0.0933. The number of likely N-dealkylation sites (N-methyl/N-ethyl adjacent to an activating group) is 1. The van der Waals surface area contributed by atoms with Gasteiger partial charge in [0.15, 0.2) is 11.6 Å². The Hall–Kier alpha value is -3.77. The second-order valence-electron chi connectivity index (χ2n) is 12.2. The average molecular weight is 678 g/mol. The van der Waals surface area contributed by atoms with Crippen LogP contribution in [0.3, 0.4) is 0 Å². The number of urea groups is 1. The fraction of sp³-hybridized carbons (Fsp3) is 0.556. The van der Waals surface area contributed by atoms with E-state index in [0.29, 0.717) is 0 Å². The maximum atomic E-state index is 12.4. The van der Waals surface area contributed by atoms with Crippen molar-refractivity contribution < 1.29 is 32.3 Å². The summed E-state index contributed by atoms with van der Waals surface area (Å²) in [7, 11) is 1.82. The van der Waals surface area contributed by atoms with Crippen LogP contribution in [0, 0.1) is 11.8 Å². The van der Waals surface area contributed by atoms with E-state index < -0.39 is 24.8 Å². The third-order valence-electron chi connectivity index (χ3n) is 7.61. The summed E-state index contributed by atoms with van der Waals surface area (Å²) in [6, 6.07) is 8.42. The molecule has 2 heterocycles. The molecule has 1 aromatic carbocycles. The Morgan fingerprint density at radius 2 is 1.40 bits per heavy atom. The number of Topliss-reactive ketones (excluding diaryl/α,β-unsaturated/α-hetero) is 2. The molecule has 3 rings (SSSR count). The molecule has 0 bridgehead atoms. The maximum absolute atomic E-state index is 12.4. The molecule has 2 saturated heterocycles. The van der Waals surface area contributed by atoms with E-state index in [0.717, 1.165) is 25.1 Å². The van der Waals surface area contributed by atoms with Crippen molar-refractivity contribution in [3.05, 3.63) is 72.4 Å². The van der Waals surface area contributed by atoms with Gasteiger partial charge in [-0.15, -0.1) is 0 Å². The van der Waals surface area contributed by atoms with Crippen LogP contribution in [0.1, 0.15) is 59.1 Å². The van der Waals surface area contributed by atoms with Gasteiger partial charge in [0.1, 0.15) is 6.04 Å². The number of nitrogens with zero attached hydrogens (tertiary/aromatic N) is 3. The Morgan fingerprint density at radius 1 is 0.833 bits per heavy atom. The number of nitrogens with one attached hydrogen (secondary N) is 2. The lowest BCUT2D eigenvalue weighted by atomic mass is 9.96. The van der Waals surface area contributed by atoms with Crippen LogP contribution >= 0.6 is 0 Å². The lowest BCUT2D eigenvalue weighted by Crippen LogP contribution is -2.55. The molecule has 2 N–H and O–H groups in total. The van der Waals surface area contributed by atoms with Crippen molar-refractivity contribution in [3.63, 3.8) is 0 Å². The van der Waals surface area contributed by atoms with E-state index in [-0.39, 0.29) is 55.6 Å². The quantitative estimate of drug-likeness (QED) is 0.222. The molecule has 0 saturated carbocycles. The molecule has 2 unspecified atom stereocenters. The number of likely N-dealkylation sites (tertiary alicyclic amines) is 1. The van der Waals surface area contributed by atoms with E-state index in [4.69, 9.17) is 0 Å². The smallest absolute Gasteiger partial charge is 0.345 e. The molecule has 2 atom stereocenters. The number of ketones is 2. The number of carbonyl (C=O) groups excluding carboxylic acids is 4. The highest BCUT2D eigenvalue weighted by Crippen LogP contribution is 2.18. The number of carbonyl (C=O) groups is 4. The standard InChI is InChI=1S/C19H28F3N3O2.C12H17NO.C5H9NO/c1-4-5-6-7-8-9-16(17(26)15(2)3)23-18(27)25-12-10-24(11-13-25)14-19(20,21)22;1-9(2)12(14)11(13-3)10-7-5-4-6-8-10;7-5-6-3-1-2-4-6/h4-9,15-16H,10-14H2,1-3H3,(H,23,27);4-9,11,13H,1-3H3;5H,1-4H2/b5-4-,7-6-,9-8?;;. The molecular weight excluding hydrogens is 623 g/mol. The summed E-state index contributed by atoms with van der Waals surface area (Å²) in [6.07, 6.45) is 9.61. The monoisotopic (exact) mass is 677 g/mol. The summed E-state index contributed by atoms with van der Waals surface area (Å²) in [6.45, 7) is 10.9. The van der Waals surface area contributed by atoms with Crippen LogP contribution in [-0.4, -0.2) is 104 Å². The minimum atomic E-state index is -4.25. The topological polar surface area (TPSA) is 102 Å². The molecular formula is C36H54F3N5O4. The predicted octanol–water partition coefficient (Wildman–Crippen LogP) is 5.57. The lowest BCUT2D eigenvalue weighted by molar-refractivity contribution is -0.148. The Kier molecular flexibility index (Phi) is 20.0. The number of piperazine rings is 1. The number of rotatable bonds is 12. The van der Waals surface area contributed by atoms with E-state index >= 15 is 0 Å². The van der Waals surface area contributed by atoms with Gasteiger partial charge in [-0.1, -0.05) is 94.5 Å². The van der Waals surface area contributed by atoms with Gasteiger partial charge in [-0.2, -0.15) is 13.2 Å². The highest BCUT2D eigenvalue weighted by Gasteiger charge is 2.33. The number of hydrogen-bond acceptors (Lipinski definition) is 6. The summed E-state index contributed by atoms with van der Waals surface area (Å²) >= 11 is 0. The highest BCUT2D eigenvalue weighted by atomic mass is 19.4. The molecule has 0 spiro atoms. The van der Waals surface area contributed by atoms with Crippen LogP contribution in [0.4, 0.5) is 18.0 Å². The number of halogens is 3. The van der Waals surface area contributed by atoms with Gasteiger partial charge in [-0.25, -0.2) is 4.79 Å². The number of alkyl halides is 3. The molecule has 3 amide bonds. The van der Waals surface area contributed by atoms with Crippen molar-refractivity contribution >= 4 is 24.0 Å². The van der Waals surface area contributed by atoms with Crippen molar-refractivity contribution in [2.45, 2.75) is 65.7 Å². The summed E-state index contributed by atoms with van der Waals surface area (Å²) < 4.78 is 37.3. The first-order chi connectivity index (χ1) is 22.7. The fourth-order valence-corrected chi connectivity index (χ4v) is 4.87. The molecule has 2 fully saturated rings. The molecule has 0 radical (unpaired) electrons. The maximum Gasteiger partial charge on any atom is 0.401 e. The molecule has 2 aliphatic rings. The van der Waals surface area contributed by atoms with E-state index in [2.05, 4.69) is 10.6 Å². The Labute approximate surface area is 284 Å². The van der Waals surface area contributed by atoms with Gasteiger partial charge in [-0.05, 0) is 32.4 Å². The number of hydrogen-bond donors (Lipinski definition) is 2. The third-order valence-corrected chi connectivity index (χ3v) is 7.61. The van der Waals surface area contributed by atoms with Crippen LogP contribution in [0.5, 0.6) is 0 Å². The molecule has 0 aromatic heterocycles. The minimum absolute atomic E-state index is 0.0626. The van der Waals surface area contributed by atoms with Crippen LogP contribution in [0.15, 0.2) is 66.8 Å². The van der Waals surface area contributed by atoms with Crippen LogP contribution in [0.2, 0.25) is 0 Å². The normalized spacial score (nSPS) is 16.9. The zero-order valence-corrected chi connectivity index (χ0v) is 29.2. The van der Waals surface area contributed by atoms with Gasteiger partial charge in [0.2, 0.25) is 6.41 Å². The second kappa shape index (κ2) is 22.7. The van der Waals surface area contributed by atoms with Gasteiger partial charge >= 0.3 is 12.2 Å². The first-order valence-corrected chi connectivity index (χ1v) is 16.5. The van der Waals surface area contributed by atoms with Crippen molar-refractivity contribution in [2.24, 2.45) is 11.8 Å². The molecule has 12 heteroatoms. The molecule has 268 valence electrons. The third kappa shape index (κ3) is 16.9. The van der Waals surface area contributed by atoms with Crippen molar-refractivity contribution in [1.82, 2.24) is 25.3 Å². The van der Waals surface area contributed by atoms with Gasteiger partial charge in [0, 0.05) is 51.1 Å². The molecule has 1 aromatic rings. The lowest BCUT2D eigenvalue weighted by Gasteiger charge is -2.35. The SMILES string of the molecule is C/C=C\C=C/C=CC(NC(=O)N1CCN(CC(F)(F)F)CC1)C(=O)C(C)C.CNC(C(=O)C(C)C)c1ccccc1.O=CN1CCCC1. The van der Waals surface area contributed by atoms with Crippen LogP contribution in [0.25, 0.3) is 0 Å². The number of benzene rings is 1. The van der Waals surface area contributed by atoms with E-state index in [1.165, 1.54) is 22.6 Å². The van der Waals surface area contributed by atoms with Crippen molar-refractivity contribution in [3.8, 4) is 0 Å². The van der Waals surface area contributed by atoms with Crippen LogP contribution < -0.4 is 10.6 Å². The first kappa shape index (κ1) is 42.3. The Bertz CT molecular complexity index is 1190. The zero-order chi connectivity index (χ0) is 36.1. The van der Waals surface area contributed by atoms with Gasteiger partial charge in [-0.3, -0.25) is 19.3 Å². The van der Waals surface area contributed by atoms with Gasteiger partial charge in [0.25, 0.3) is 0 Å². The minimum Gasteiger partial charge on any atom is -0.345 e. The van der Waals surface area contributed by atoms with Gasteiger partial charge in [0.05, 0.1) is 12.6 Å². The zero-order valence-electron chi connectivity index (χ0n) is 29.2. The molecule has 48 heavy (non-hydrogen) atoms. The fourth-order valence-electron chi connectivity index (χ4n) is 4.87. The number of amides is 3. The Morgan fingerprint density at radius 3 is 1.85 bits per heavy atom. The van der Waals surface area contributed by atoms with E-state index in [1.807, 2.05) is 70.3 Å². The average Bonchev–Trinajstić information content (AvgIpc) is 3.59. The Balaban J connectivity index is 0.000000448. The summed E-state index contributed by atoms with van der Waals surface area (Å²) in [4.78, 5) is 51.0. The predicted molar refractivity (Wildman–Crippen MR) is 184 cm³/mol. The van der Waals surface area contributed by atoms with Crippen molar-refractivity contribution in [1.29, 1.82) is 0 Å².